The van der Waals surface area contributed by atoms with Gasteiger partial charge in [0.05, 0.1) is 12.7 Å². The molecule has 0 bridgehead atoms. The summed E-state index contributed by atoms with van der Waals surface area (Å²) in [5.74, 6) is 1.22. The van der Waals surface area contributed by atoms with Crippen molar-refractivity contribution in [1.29, 1.82) is 0 Å². The Morgan fingerprint density at radius 2 is 1.77 bits per heavy atom. The smallest absolute Gasteiger partial charge is 0.289 e. The van der Waals surface area contributed by atoms with E-state index in [1.54, 1.807) is 7.11 Å². The van der Waals surface area contributed by atoms with Crippen LogP contribution in [0.4, 0.5) is 0 Å². The normalized spacial score (nSPS) is 18.9. The number of nitrogens with zero attached hydrogens (tertiary/aromatic N) is 2. The molecule has 3 heterocycles. The van der Waals surface area contributed by atoms with Gasteiger partial charge in [-0.3, -0.25) is 9.69 Å². The van der Waals surface area contributed by atoms with Gasteiger partial charge < -0.3 is 19.2 Å². The monoisotopic (exact) mass is 474 g/mol. The van der Waals surface area contributed by atoms with E-state index in [4.69, 9.17) is 9.15 Å². The SMILES string of the molecule is COc1ccc(C=CCN2CCC(O)(c3ccc4oc(C(=O)N5CCCCC5)cc4c3)CC2)cc1. The first-order valence-corrected chi connectivity index (χ1v) is 12.6. The standard InChI is InChI=1S/C29H34N2O4/c1-34-25-10-7-22(8-11-25)6-5-15-30-18-13-29(33,14-19-30)24-9-12-26-23(20-24)21-27(35-26)28(32)31-16-3-2-4-17-31/h5-12,20-21,33H,2-4,13-19H2,1H3. The molecule has 3 aromatic rings. The lowest BCUT2D eigenvalue weighted by atomic mass is 9.84. The van der Waals surface area contributed by atoms with Crippen molar-refractivity contribution in [3.63, 3.8) is 0 Å². The molecule has 0 radical (unpaired) electrons. The third-order valence-corrected chi connectivity index (χ3v) is 7.38. The van der Waals surface area contributed by atoms with Gasteiger partial charge in [0.15, 0.2) is 5.76 Å². The van der Waals surface area contributed by atoms with Crippen molar-refractivity contribution in [2.45, 2.75) is 37.7 Å². The van der Waals surface area contributed by atoms with Crippen molar-refractivity contribution in [3.05, 3.63) is 71.5 Å². The predicted octanol–water partition coefficient (Wildman–Crippen LogP) is 5.06. The lowest BCUT2D eigenvalue weighted by Crippen LogP contribution is -2.42. The number of furan rings is 1. The molecular weight excluding hydrogens is 440 g/mol. The van der Waals surface area contributed by atoms with Crippen molar-refractivity contribution in [2.24, 2.45) is 0 Å². The number of likely N-dealkylation sites (tertiary alicyclic amines) is 2. The maximum atomic E-state index is 12.8. The zero-order chi connectivity index (χ0) is 24.3. The van der Waals surface area contributed by atoms with E-state index in [9.17, 15) is 9.90 Å². The van der Waals surface area contributed by atoms with E-state index < -0.39 is 5.60 Å². The Morgan fingerprint density at radius 1 is 1.03 bits per heavy atom. The highest BCUT2D eigenvalue weighted by atomic mass is 16.5. The van der Waals surface area contributed by atoms with Crippen LogP contribution >= 0.6 is 0 Å². The Kier molecular flexibility index (Phi) is 6.93. The summed E-state index contributed by atoms with van der Waals surface area (Å²) in [5, 5.41) is 12.3. The van der Waals surface area contributed by atoms with Gasteiger partial charge in [0.25, 0.3) is 5.91 Å². The van der Waals surface area contributed by atoms with E-state index in [-0.39, 0.29) is 5.91 Å². The van der Waals surface area contributed by atoms with Gasteiger partial charge in [0, 0.05) is 38.1 Å². The predicted molar refractivity (Wildman–Crippen MR) is 138 cm³/mol. The number of piperidine rings is 2. The summed E-state index contributed by atoms with van der Waals surface area (Å²) in [6.07, 6.45) is 8.93. The van der Waals surface area contributed by atoms with Crippen LogP contribution in [0.5, 0.6) is 5.75 Å². The van der Waals surface area contributed by atoms with E-state index in [1.807, 2.05) is 53.4 Å². The van der Waals surface area contributed by atoms with Gasteiger partial charge in [0.1, 0.15) is 11.3 Å². The number of ether oxygens (including phenoxy) is 1. The lowest BCUT2D eigenvalue weighted by molar-refractivity contribution is -0.0232. The summed E-state index contributed by atoms with van der Waals surface area (Å²) in [7, 11) is 1.67. The third kappa shape index (κ3) is 5.29. The Morgan fingerprint density at radius 3 is 2.49 bits per heavy atom. The summed E-state index contributed by atoms with van der Waals surface area (Å²) in [5.41, 5.74) is 1.87. The summed E-state index contributed by atoms with van der Waals surface area (Å²) in [6, 6.07) is 15.7. The molecule has 2 fully saturated rings. The van der Waals surface area contributed by atoms with Gasteiger partial charge in [-0.2, -0.15) is 0 Å². The van der Waals surface area contributed by atoms with E-state index >= 15 is 0 Å². The molecule has 5 rings (SSSR count). The fourth-order valence-corrected chi connectivity index (χ4v) is 5.14. The Balaban J connectivity index is 1.20. The molecule has 2 saturated heterocycles. The summed E-state index contributed by atoms with van der Waals surface area (Å²) < 4.78 is 11.1. The van der Waals surface area contributed by atoms with Gasteiger partial charge in [-0.15, -0.1) is 0 Å². The summed E-state index contributed by atoms with van der Waals surface area (Å²) in [4.78, 5) is 17.1. The number of amides is 1. The lowest BCUT2D eigenvalue weighted by Gasteiger charge is -2.38. The first-order chi connectivity index (χ1) is 17.0. The molecule has 2 aliphatic rings. The van der Waals surface area contributed by atoms with Gasteiger partial charge in [-0.1, -0.05) is 30.4 Å². The second kappa shape index (κ2) is 10.3. The molecule has 35 heavy (non-hydrogen) atoms. The second-order valence-electron chi connectivity index (χ2n) is 9.72. The van der Waals surface area contributed by atoms with Crippen LogP contribution in [0.2, 0.25) is 0 Å². The molecule has 1 aromatic heterocycles. The molecule has 0 atom stereocenters. The minimum absolute atomic E-state index is 0.0304. The van der Waals surface area contributed by atoms with Crippen LogP contribution in [0, 0.1) is 0 Å². The van der Waals surface area contributed by atoms with Crippen molar-refractivity contribution in [2.75, 3.05) is 39.8 Å². The van der Waals surface area contributed by atoms with Crippen LogP contribution in [0.1, 0.15) is 53.8 Å². The highest BCUT2D eigenvalue weighted by molar-refractivity contribution is 5.96. The minimum atomic E-state index is -0.862. The van der Waals surface area contributed by atoms with Crippen LogP contribution < -0.4 is 4.74 Å². The van der Waals surface area contributed by atoms with Crippen molar-refractivity contribution < 1.29 is 19.1 Å². The average Bonchev–Trinajstić information content (AvgIpc) is 3.34. The first kappa shape index (κ1) is 23.6. The number of hydrogen-bond acceptors (Lipinski definition) is 5. The molecular formula is C29H34N2O4. The molecule has 2 aromatic carbocycles. The number of hydrogen-bond donors (Lipinski definition) is 1. The fourth-order valence-electron chi connectivity index (χ4n) is 5.14. The number of fused-ring (bicyclic) bond motifs is 1. The van der Waals surface area contributed by atoms with Crippen LogP contribution in [0.3, 0.4) is 0 Å². The van der Waals surface area contributed by atoms with Crippen LogP contribution in [0.25, 0.3) is 17.0 Å². The molecule has 184 valence electrons. The van der Waals surface area contributed by atoms with E-state index in [2.05, 4.69) is 17.1 Å². The number of carbonyl (C=O) groups excluding carboxylic acids is 1. The molecule has 0 aliphatic carbocycles. The van der Waals surface area contributed by atoms with Gasteiger partial charge >= 0.3 is 0 Å². The quantitative estimate of drug-likeness (QED) is 0.541. The van der Waals surface area contributed by atoms with E-state index in [1.165, 1.54) is 6.42 Å². The molecule has 1 N–H and O–H groups in total. The highest BCUT2D eigenvalue weighted by Crippen LogP contribution is 2.35. The van der Waals surface area contributed by atoms with Crippen LogP contribution in [-0.4, -0.2) is 60.6 Å². The average molecular weight is 475 g/mol. The molecule has 6 nitrogen and oxygen atoms in total. The van der Waals surface area contributed by atoms with Gasteiger partial charge in [0.2, 0.25) is 0 Å². The Bertz CT molecular complexity index is 1180. The largest absolute Gasteiger partial charge is 0.497 e. The molecule has 0 saturated carbocycles. The van der Waals surface area contributed by atoms with Crippen molar-refractivity contribution in [1.82, 2.24) is 9.80 Å². The van der Waals surface area contributed by atoms with E-state index in [0.717, 1.165) is 67.8 Å². The summed E-state index contributed by atoms with van der Waals surface area (Å²) >= 11 is 0. The number of carbonyl (C=O) groups is 1. The topological polar surface area (TPSA) is 66.2 Å². The van der Waals surface area contributed by atoms with Gasteiger partial charge in [-0.05, 0) is 73.6 Å². The number of benzene rings is 2. The summed E-state index contributed by atoms with van der Waals surface area (Å²) in [6.45, 7) is 4.10. The van der Waals surface area contributed by atoms with Crippen molar-refractivity contribution in [3.8, 4) is 5.75 Å². The van der Waals surface area contributed by atoms with Crippen molar-refractivity contribution >= 4 is 23.0 Å². The highest BCUT2D eigenvalue weighted by Gasteiger charge is 2.34. The first-order valence-electron chi connectivity index (χ1n) is 12.6. The number of aliphatic hydroxyl groups is 1. The zero-order valence-electron chi connectivity index (χ0n) is 20.4. The Hall–Kier alpha value is -3.09. The van der Waals surface area contributed by atoms with Crippen LogP contribution in [-0.2, 0) is 5.60 Å². The third-order valence-electron chi connectivity index (χ3n) is 7.38. The number of methoxy groups -OCH3 is 1. The van der Waals surface area contributed by atoms with E-state index in [0.29, 0.717) is 24.2 Å². The minimum Gasteiger partial charge on any atom is -0.497 e. The molecule has 6 heteroatoms. The molecule has 0 spiro atoms. The maximum absolute atomic E-state index is 12.8. The Labute approximate surface area is 206 Å². The number of rotatable bonds is 6. The molecule has 0 unspecified atom stereocenters. The molecule has 2 aliphatic heterocycles. The maximum Gasteiger partial charge on any atom is 0.289 e. The fraction of sp³-hybridized carbons (Fsp3) is 0.414. The van der Waals surface area contributed by atoms with Gasteiger partial charge in [-0.25, -0.2) is 0 Å². The second-order valence-corrected chi connectivity index (χ2v) is 9.72. The molecule has 1 amide bonds. The van der Waals surface area contributed by atoms with Crippen LogP contribution in [0.15, 0.2) is 59.0 Å². The zero-order valence-corrected chi connectivity index (χ0v) is 20.4.